The van der Waals surface area contributed by atoms with Crippen molar-refractivity contribution in [2.75, 3.05) is 60.0 Å². The Morgan fingerprint density at radius 3 is 1.64 bits per heavy atom. The van der Waals surface area contributed by atoms with E-state index in [2.05, 4.69) is 53.4 Å². The molecule has 0 aromatic heterocycles. The molecule has 0 unspecified atom stereocenters. The average Bonchev–Trinajstić information content (AvgIpc) is 3.66. The lowest BCUT2D eigenvalue weighted by atomic mass is 10.0. The highest BCUT2D eigenvalue weighted by Crippen LogP contribution is 2.17. The fourth-order valence-corrected chi connectivity index (χ4v) is 8.63. The SMILES string of the molecule is CCCCCCCCCCCCC/C=C/[C@@H](OC(=O)NCCCN(C)CCCCN(C)CCCN=C([O-])OC(C)(C)C)[C@H](COC(=O)ON1C(=O)CCC1=O)NC(=O)CCCCCCCCCCCCCCC. The van der Waals surface area contributed by atoms with E-state index in [4.69, 9.17) is 19.0 Å². The maximum Gasteiger partial charge on any atom is 0.534 e. The first-order valence-corrected chi connectivity index (χ1v) is 29.0. The zero-order valence-electron chi connectivity index (χ0n) is 47.3. The zero-order valence-corrected chi connectivity index (χ0v) is 47.3. The number of carbonyl (C=O) groups is 5. The number of amides is 4. The third-order valence-corrected chi connectivity index (χ3v) is 13.0. The summed E-state index contributed by atoms with van der Waals surface area (Å²) < 4.78 is 16.6. The summed E-state index contributed by atoms with van der Waals surface area (Å²) in [5.74, 6) is -1.54. The highest BCUT2D eigenvalue weighted by atomic mass is 16.8. The number of alkyl carbamates (subject to hydrolysis) is 1. The van der Waals surface area contributed by atoms with Gasteiger partial charge in [0.2, 0.25) is 5.91 Å². The van der Waals surface area contributed by atoms with Crippen molar-refractivity contribution in [3.63, 3.8) is 0 Å². The number of allylic oxidation sites excluding steroid dienone is 1. The number of ether oxygens (including phenoxy) is 3. The lowest BCUT2D eigenvalue weighted by Gasteiger charge is -2.29. The van der Waals surface area contributed by atoms with Gasteiger partial charge in [0.15, 0.2) is 0 Å². The van der Waals surface area contributed by atoms with E-state index in [0.29, 0.717) is 31.0 Å². The number of nitrogens with zero attached hydrogens (tertiary/aromatic N) is 4. The van der Waals surface area contributed by atoms with Crippen LogP contribution in [0.3, 0.4) is 0 Å². The molecule has 16 nitrogen and oxygen atoms in total. The fourth-order valence-electron chi connectivity index (χ4n) is 8.63. The van der Waals surface area contributed by atoms with Crippen LogP contribution < -0.4 is 15.7 Å². The van der Waals surface area contributed by atoms with Crippen molar-refractivity contribution in [3.8, 4) is 0 Å². The molecule has 2 N–H and O–H groups in total. The lowest BCUT2D eigenvalue weighted by molar-refractivity contribution is -0.260. The van der Waals surface area contributed by atoms with Gasteiger partial charge in [0.25, 0.3) is 11.8 Å². The second-order valence-electron chi connectivity index (χ2n) is 21.3. The molecule has 1 aliphatic heterocycles. The van der Waals surface area contributed by atoms with Gasteiger partial charge in [-0.25, -0.2) is 9.59 Å². The molecule has 0 radical (unpaired) electrons. The molecule has 1 rings (SSSR count). The largest absolute Gasteiger partial charge is 0.595 e. The smallest absolute Gasteiger partial charge is 0.534 e. The molecule has 73 heavy (non-hydrogen) atoms. The van der Waals surface area contributed by atoms with E-state index >= 15 is 0 Å². The molecule has 1 fully saturated rings. The van der Waals surface area contributed by atoms with Crippen molar-refractivity contribution in [1.82, 2.24) is 25.5 Å². The molecular weight excluding hydrogens is 929 g/mol. The van der Waals surface area contributed by atoms with Crippen LogP contribution in [0.1, 0.15) is 240 Å². The predicted octanol–water partition coefficient (Wildman–Crippen LogP) is 11.5. The summed E-state index contributed by atoms with van der Waals surface area (Å²) in [5.41, 5.74) is -0.544. The van der Waals surface area contributed by atoms with Crippen molar-refractivity contribution < 1.29 is 48.1 Å². The normalized spacial score (nSPS) is 14.1. The number of rotatable bonds is 46. The minimum Gasteiger partial charge on any atom is -0.595 e. The van der Waals surface area contributed by atoms with E-state index in [9.17, 15) is 29.1 Å². The Morgan fingerprint density at radius 1 is 0.671 bits per heavy atom. The van der Waals surface area contributed by atoms with Gasteiger partial charge < -0.3 is 39.8 Å². The second-order valence-corrected chi connectivity index (χ2v) is 21.3. The van der Waals surface area contributed by atoms with Crippen LogP contribution in [-0.4, -0.2) is 129 Å². The number of nitrogens with one attached hydrogen (secondary N) is 2. The van der Waals surface area contributed by atoms with Crippen molar-refractivity contribution in [2.24, 2.45) is 4.99 Å². The highest BCUT2D eigenvalue weighted by Gasteiger charge is 2.34. The van der Waals surface area contributed by atoms with E-state index in [1.807, 2.05) is 26.8 Å². The molecule has 16 heteroatoms. The minimum absolute atomic E-state index is 0.0630. The van der Waals surface area contributed by atoms with Crippen molar-refractivity contribution in [3.05, 3.63) is 12.2 Å². The first kappa shape index (κ1) is 67.1. The monoisotopic (exact) mass is 1030 g/mol. The van der Waals surface area contributed by atoms with Gasteiger partial charge in [0.05, 0.1) is 0 Å². The Morgan fingerprint density at radius 2 is 1.14 bits per heavy atom. The molecule has 0 aromatic rings. The van der Waals surface area contributed by atoms with E-state index in [0.717, 1.165) is 90.4 Å². The molecular formula is C57H105N6O10-. The molecule has 0 aromatic carbocycles. The van der Waals surface area contributed by atoms with E-state index in [-0.39, 0.29) is 25.2 Å². The molecule has 1 heterocycles. The number of hydroxylamine groups is 2. The van der Waals surface area contributed by atoms with Crippen LogP contribution >= 0.6 is 0 Å². The second kappa shape index (κ2) is 44.4. The van der Waals surface area contributed by atoms with Gasteiger partial charge in [-0.05, 0) is 91.3 Å². The first-order valence-electron chi connectivity index (χ1n) is 29.0. The van der Waals surface area contributed by atoms with Crippen molar-refractivity contribution >= 4 is 36.1 Å². The molecule has 2 atom stereocenters. The molecule has 0 saturated carbocycles. The van der Waals surface area contributed by atoms with Gasteiger partial charge >= 0.3 is 12.2 Å². The number of imide groups is 1. The first-order chi connectivity index (χ1) is 35.1. The maximum absolute atomic E-state index is 13.5. The number of carbonyl (C=O) groups excluding carboxylic acids is 5. The van der Waals surface area contributed by atoms with E-state index in [1.54, 1.807) is 6.08 Å². The third kappa shape index (κ3) is 40.1. The molecule has 0 spiro atoms. The van der Waals surface area contributed by atoms with Crippen LogP contribution in [-0.2, 0) is 33.4 Å². The van der Waals surface area contributed by atoms with Crippen LogP contribution in [0.5, 0.6) is 0 Å². The quantitative estimate of drug-likeness (QED) is 0.0147. The maximum atomic E-state index is 13.5. The Balaban J connectivity index is 2.81. The molecule has 1 saturated heterocycles. The van der Waals surface area contributed by atoms with Gasteiger partial charge in [-0.3, -0.25) is 24.2 Å². The van der Waals surface area contributed by atoms with E-state index < -0.39 is 54.5 Å². The van der Waals surface area contributed by atoms with Crippen LogP contribution in [0.25, 0.3) is 0 Å². The molecule has 4 amide bonds. The molecule has 0 aliphatic carbocycles. The third-order valence-electron chi connectivity index (χ3n) is 13.0. The van der Waals surface area contributed by atoms with Gasteiger partial charge in [-0.2, -0.15) is 0 Å². The Kier molecular flexibility index (Phi) is 40.8. The Labute approximate surface area is 443 Å². The minimum atomic E-state index is -1.27. The molecule has 0 bridgehead atoms. The van der Waals surface area contributed by atoms with Crippen molar-refractivity contribution in [1.29, 1.82) is 0 Å². The van der Waals surface area contributed by atoms with Gasteiger partial charge in [-0.15, -0.1) is 0 Å². The fraction of sp³-hybridized carbons (Fsp3) is 0.860. The number of hydrogen-bond acceptors (Lipinski definition) is 13. The van der Waals surface area contributed by atoms with Crippen molar-refractivity contribution in [2.45, 2.75) is 258 Å². The summed E-state index contributed by atoms with van der Waals surface area (Å²) in [6, 6.07) is -0.969. The summed E-state index contributed by atoms with van der Waals surface area (Å²) in [4.78, 5) is 77.3. The average molecular weight is 1030 g/mol. The standard InChI is InChI=1S/C57H106N6O10/c1-8-10-12-14-16-18-20-22-24-26-28-30-32-38-50(71-54(67)58-42-36-46-61(6)44-34-35-45-62(7)47-37-43-59-55(68)72-57(3,4)5)49(48-70-56(69)73-63-52(65)40-41-53(63)66)60-51(64)39-33-31-29-27-25-23-21-19-17-15-13-11-9-2/h32,38,49-50H,8-31,33-37,39-48H2,1-7H3,(H,58,67)(H,59,68)(H,60,64)/p-1/b38-32+/t49-,50+/m0/s1. The molecule has 1 aliphatic rings. The highest BCUT2D eigenvalue weighted by molar-refractivity contribution is 6.01. The lowest BCUT2D eigenvalue weighted by Crippen LogP contribution is -2.49. The summed E-state index contributed by atoms with van der Waals surface area (Å²) in [5, 5.41) is 18.0. The summed E-state index contributed by atoms with van der Waals surface area (Å²) in [7, 11) is 4.13. The summed E-state index contributed by atoms with van der Waals surface area (Å²) in [6.07, 6.45) is 33.6. The number of hydrogen-bond donors (Lipinski definition) is 2. The number of unbranched alkanes of at least 4 members (excludes halogenated alkanes) is 24. The topological polar surface area (TPSA) is 191 Å². The van der Waals surface area contributed by atoms with Crippen LogP contribution in [0.4, 0.5) is 9.59 Å². The van der Waals surface area contributed by atoms with Crippen LogP contribution in [0.2, 0.25) is 0 Å². The zero-order chi connectivity index (χ0) is 53.8. The summed E-state index contributed by atoms with van der Waals surface area (Å²) in [6.45, 7) is 13.8. The van der Waals surface area contributed by atoms with E-state index in [1.165, 1.54) is 109 Å². The predicted molar refractivity (Wildman–Crippen MR) is 291 cm³/mol. The Hall–Kier alpha value is -3.92. The van der Waals surface area contributed by atoms with Gasteiger partial charge in [0, 0.05) is 38.0 Å². The van der Waals surface area contributed by atoms with Gasteiger partial charge in [0.1, 0.15) is 24.8 Å². The van der Waals surface area contributed by atoms with Gasteiger partial charge in [-0.1, -0.05) is 187 Å². The summed E-state index contributed by atoms with van der Waals surface area (Å²) >= 11 is 0. The molecule has 424 valence electrons. The van der Waals surface area contributed by atoms with Crippen LogP contribution in [0, 0.1) is 0 Å². The number of aliphatic imine (C=N–C) groups is 1. The van der Waals surface area contributed by atoms with Crippen LogP contribution in [0.15, 0.2) is 17.1 Å². The Bertz CT molecular complexity index is 1490.